The lowest BCUT2D eigenvalue weighted by Crippen LogP contribution is -2.29. The van der Waals surface area contributed by atoms with Crippen LogP contribution in [0.3, 0.4) is 0 Å². The minimum absolute atomic E-state index is 0.00103. The molecule has 3 rings (SSSR count). The standard InChI is InChI=1S/C13H16N4O2/c18-5-1-4-17-7-12(16-13(17)19)9-2-3-10-11(6-9)15-8-14-10/h2-3,6,8,12,18H,1,4-5,7H2,(H,14,15)(H,16,19). The number of hydrogen-bond donors (Lipinski definition) is 3. The molecule has 19 heavy (non-hydrogen) atoms. The number of carbonyl (C=O) groups is 1. The summed E-state index contributed by atoms with van der Waals surface area (Å²) in [6, 6.07) is 5.89. The van der Waals surface area contributed by atoms with E-state index in [9.17, 15) is 4.79 Å². The molecule has 0 spiro atoms. The second-order valence-electron chi connectivity index (χ2n) is 4.70. The minimum Gasteiger partial charge on any atom is -0.396 e. The number of rotatable bonds is 4. The Hall–Kier alpha value is -2.08. The van der Waals surface area contributed by atoms with Gasteiger partial charge >= 0.3 is 6.03 Å². The van der Waals surface area contributed by atoms with Crippen LogP contribution in [-0.4, -0.2) is 45.7 Å². The van der Waals surface area contributed by atoms with Gasteiger partial charge in [0.15, 0.2) is 0 Å². The number of aromatic amines is 1. The van der Waals surface area contributed by atoms with E-state index >= 15 is 0 Å². The molecule has 1 unspecified atom stereocenters. The maximum atomic E-state index is 11.8. The summed E-state index contributed by atoms with van der Waals surface area (Å²) in [7, 11) is 0. The van der Waals surface area contributed by atoms with E-state index in [0.29, 0.717) is 19.5 Å². The molecule has 1 aliphatic heterocycles. The first-order valence-electron chi connectivity index (χ1n) is 6.37. The van der Waals surface area contributed by atoms with Gasteiger partial charge in [-0.05, 0) is 24.1 Å². The molecule has 2 aromatic rings. The van der Waals surface area contributed by atoms with Crippen LogP contribution in [0, 0.1) is 0 Å². The van der Waals surface area contributed by atoms with Crippen LogP contribution < -0.4 is 5.32 Å². The number of benzene rings is 1. The summed E-state index contributed by atoms with van der Waals surface area (Å²) in [5.41, 5.74) is 2.96. The molecule has 0 bridgehead atoms. The zero-order valence-electron chi connectivity index (χ0n) is 10.5. The lowest BCUT2D eigenvalue weighted by Gasteiger charge is -2.13. The number of H-pyrrole nitrogens is 1. The summed E-state index contributed by atoms with van der Waals surface area (Å²) in [5.74, 6) is 0. The topological polar surface area (TPSA) is 81.2 Å². The van der Waals surface area contributed by atoms with Gasteiger partial charge in [-0.25, -0.2) is 9.78 Å². The van der Waals surface area contributed by atoms with Gasteiger partial charge in [-0.2, -0.15) is 0 Å². The molecular weight excluding hydrogens is 244 g/mol. The fraction of sp³-hybridized carbons (Fsp3) is 0.385. The lowest BCUT2D eigenvalue weighted by atomic mass is 10.1. The summed E-state index contributed by atoms with van der Waals surface area (Å²) in [6.07, 6.45) is 2.27. The molecule has 1 aliphatic rings. The predicted molar refractivity (Wildman–Crippen MR) is 70.6 cm³/mol. The van der Waals surface area contributed by atoms with E-state index in [1.165, 1.54) is 0 Å². The smallest absolute Gasteiger partial charge is 0.318 e. The van der Waals surface area contributed by atoms with Gasteiger partial charge in [0.05, 0.1) is 23.4 Å². The third kappa shape index (κ3) is 2.26. The number of aromatic nitrogens is 2. The van der Waals surface area contributed by atoms with Gasteiger partial charge in [0.1, 0.15) is 0 Å². The molecule has 1 saturated heterocycles. The number of aliphatic hydroxyl groups excluding tert-OH is 1. The van der Waals surface area contributed by atoms with E-state index in [-0.39, 0.29) is 18.7 Å². The predicted octanol–water partition coefficient (Wildman–Crippen LogP) is 1.01. The molecule has 2 heterocycles. The first-order chi connectivity index (χ1) is 9.28. The Kier molecular flexibility index (Phi) is 3.08. The van der Waals surface area contributed by atoms with E-state index in [2.05, 4.69) is 15.3 Å². The van der Waals surface area contributed by atoms with Gasteiger partial charge in [0, 0.05) is 19.7 Å². The molecule has 1 aromatic carbocycles. The fourth-order valence-corrected chi connectivity index (χ4v) is 2.40. The highest BCUT2D eigenvalue weighted by Gasteiger charge is 2.29. The molecule has 2 amide bonds. The van der Waals surface area contributed by atoms with Gasteiger partial charge in [0.25, 0.3) is 0 Å². The van der Waals surface area contributed by atoms with Crippen molar-refractivity contribution in [3.05, 3.63) is 30.1 Å². The first-order valence-corrected chi connectivity index (χ1v) is 6.37. The Morgan fingerprint density at radius 2 is 2.37 bits per heavy atom. The summed E-state index contributed by atoms with van der Waals surface area (Å²) in [6.45, 7) is 1.33. The Labute approximate surface area is 110 Å². The molecule has 6 heteroatoms. The Morgan fingerprint density at radius 3 is 3.21 bits per heavy atom. The van der Waals surface area contributed by atoms with Crippen molar-refractivity contribution >= 4 is 17.1 Å². The van der Waals surface area contributed by atoms with Gasteiger partial charge in [0.2, 0.25) is 0 Å². The van der Waals surface area contributed by atoms with E-state index < -0.39 is 0 Å². The maximum absolute atomic E-state index is 11.8. The number of aliphatic hydroxyl groups is 1. The maximum Gasteiger partial charge on any atom is 0.318 e. The van der Waals surface area contributed by atoms with Crippen molar-refractivity contribution in [1.29, 1.82) is 0 Å². The summed E-state index contributed by atoms with van der Waals surface area (Å²) < 4.78 is 0. The number of amides is 2. The molecule has 3 N–H and O–H groups in total. The van der Waals surface area contributed by atoms with Gasteiger partial charge < -0.3 is 20.3 Å². The van der Waals surface area contributed by atoms with Crippen molar-refractivity contribution in [3.8, 4) is 0 Å². The number of nitrogens with one attached hydrogen (secondary N) is 2. The van der Waals surface area contributed by atoms with Crippen LogP contribution in [0.5, 0.6) is 0 Å². The van der Waals surface area contributed by atoms with Crippen LogP contribution in [0.25, 0.3) is 11.0 Å². The van der Waals surface area contributed by atoms with Crippen molar-refractivity contribution < 1.29 is 9.90 Å². The minimum atomic E-state index is -0.0665. The molecule has 100 valence electrons. The van der Waals surface area contributed by atoms with Gasteiger partial charge in [-0.15, -0.1) is 0 Å². The molecule has 0 saturated carbocycles. The van der Waals surface area contributed by atoms with Gasteiger partial charge in [-0.3, -0.25) is 0 Å². The quantitative estimate of drug-likeness (QED) is 0.767. The van der Waals surface area contributed by atoms with Crippen LogP contribution in [0.2, 0.25) is 0 Å². The number of fused-ring (bicyclic) bond motifs is 1. The largest absolute Gasteiger partial charge is 0.396 e. The molecule has 0 radical (unpaired) electrons. The van der Waals surface area contributed by atoms with E-state index in [4.69, 9.17) is 5.11 Å². The first kappa shape index (κ1) is 12.0. The summed E-state index contributed by atoms with van der Waals surface area (Å²) in [4.78, 5) is 20.8. The number of hydrogen-bond acceptors (Lipinski definition) is 3. The molecule has 1 aromatic heterocycles. The molecule has 0 aliphatic carbocycles. The zero-order valence-corrected chi connectivity index (χ0v) is 10.5. The Balaban J connectivity index is 1.77. The third-order valence-electron chi connectivity index (χ3n) is 3.42. The SMILES string of the molecule is O=C1NC(c2ccc3nc[nH]c3c2)CN1CCCO. The Morgan fingerprint density at radius 1 is 1.47 bits per heavy atom. The second kappa shape index (κ2) is 4.89. The van der Waals surface area contributed by atoms with Crippen LogP contribution in [0.4, 0.5) is 4.79 Å². The number of nitrogens with zero attached hydrogens (tertiary/aromatic N) is 2. The average molecular weight is 260 g/mol. The van der Waals surface area contributed by atoms with E-state index in [0.717, 1.165) is 16.6 Å². The zero-order chi connectivity index (χ0) is 13.2. The van der Waals surface area contributed by atoms with Crippen LogP contribution in [0.15, 0.2) is 24.5 Å². The second-order valence-corrected chi connectivity index (χ2v) is 4.70. The number of imidazole rings is 1. The molecule has 1 fully saturated rings. The van der Waals surface area contributed by atoms with Crippen molar-refractivity contribution in [2.75, 3.05) is 19.7 Å². The van der Waals surface area contributed by atoms with E-state index in [1.807, 2.05) is 18.2 Å². The van der Waals surface area contributed by atoms with Crippen molar-refractivity contribution in [2.45, 2.75) is 12.5 Å². The van der Waals surface area contributed by atoms with Crippen molar-refractivity contribution in [3.63, 3.8) is 0 Å². The highest BCUT2D eigenvalue weighted by molar-refractivity contribution is 5.79. The van der Waals surface area contributed by atoms with E-state index in [1.54, 1.807) is 11.2 Å². The van der Waals surface area contributed by atoms with Crippen LogP contribution in [-0.2, 0) is 0 Å². The lowest BCUT2D eigenvalue weighted by molar-refractivity contribution is 0.209. The number of urea groups is 1. The van der Waals surface area contributed by atoms with Crippen LogP contribution >= 0.6 is 0 Å². The third-order valence-corrected chi connectivity index (χ3v) is 3.42. The van der Waals surface area contributed by atoms with Gasteiger partial charge in [-0.1, -0.05) is 6.07 Å². The fourth-order valence-electron chi connectivity index (χ4n) is 2.40. The number of carbonyl (C=O) groups excluding carboxylic acids is 1. The summed E-state index contributed by atoms with van der Waals surface area (Å²) >= 11 is 0. The Bertz CT molecular complexity index is 595. The molecule has 6 nitrogen and oxygen atoms in total. The normalized spacial score (nSPS) is 19.1. The summed E-state index contributed by atoms with van der Waals surface area (Å²) in [5, 5.41) is 11.8. The van der Waals surface area contributed by atoms with Crippen LogP contribution in [0.1, 0.15) is 18.0 Å². The average Bonchev–Trinajstić information content (AvgIpc) is 3.02. The highest BCUT2D eigenvalue weighted by atomic mass is 16.3. The monoisotopic (exact) mass is 260 g/mol. The highest BCUT2D eigenvalue weighted by Crippen LogP contribution is 2.23. The van der Waals surface area contributed by atoms with Crippen molar-refractivity contribution in [2.24, 2.45) is 0 Å². The molecule has 1 atom stereocenters. The van der Waals surface area contributed by atoms with Crippen molar-refractivity contribution in [1.82, 2.24) is 20.2 Å². The molecular formula is C13H16N4O2.